The van der Waals surface area contributed by atoms with Gasteiger partial charge < -0.3 is 19.9 Å². The summed E-state index contributed by atoms with van der Waals surface area (Å²) in [4.78, 5) is 11.4. The Kier molecular flexibility index (Phi) is 5.82. The van der Waals surface area contributed by atoms with Crippen LogP contribution in [0.4, 0.5) is 5.69 Å². The fourth-order valence-electron chi connectivity index (χ4n) is 6.31. The minimum absolute atomic E-state index is 0.612. The van der Waals surface area contributed by atoms with E-state index in [-0.39, 0.29) is 0 Å². The zero-order valence-corrected chi connectivity index (χ0v) is 22.9. The quantitative estimate of drug-likeness (QED) is 0.187. The SMILES string of the molecule is COc1ccc2c(c1)CCc1c3c(c4cc(OC)ccc4c1-2)OC(c1ccc(N)cc1)(c1ccc(C=O)cc1)C=C3. The molecule has 41 heavy (non-hydrogen) atoms. The summed E-state index contributed by atoms with van der Waals surface area (Å²) < 4.78 is 18.4. The van der Waals surface area contributed by atoms with Gasteiger partial charge >= 0.3 is 0 Å². The number of aldehydes is 1. The molecule has 0 aromatic heterocycles. The minimum Gasteiger partial charge on any atom is -0.497 e. The number of anilines is 1. The Bertz CT molecular complexity index is 1850. The molecular weight excluding hydrogens is 510 g/mol. The van der Waals surface area contributed by atoms with Crippen molar-refractivity contribution in [2.75, 3.05) is 20.0 Å². The molecule has 202 valence electrons. The third kappa shape index (κ3) is 3.88. The summed E-state index contributed by atoms with van der Waals surface area (Å²) in [6, 6.07) is 27.9. The van der Waals surface area contributed by atoms with Gasteiger partial charge in [0.2, 0.25) is 0 Å². The third-order valence-corrected chi connectivity index (χ3v) is 8.40. The number of hydrogen-bond acceptors (Lipinski definition) is 5. The highest BCUT2D eigenvalue weighted by Crippen LogP contribution is 2.52. The summed E-state index contributed by atoms with van der Waals surface area (Å²) in [6.45, 7) is 0. The largest absolute Gasteiger partial charge is 0.497 e. The van der Waals surface area contributed by atoms with E-state index >= 15 is 0 Å². The molecule has 2 aliphatic rings. The second-order valence-corrected chi connectivity index (χ2v) is 10.6. The molecule has 2 N–H and O–H groups in total. The summed E-state index contributed by atoms with van der Waals surface area (Å²) in [5.41, 5.74) is 14.4. The first-order valence-corrected chi connectivity index (χ1v) is 13.7. The number of benzene rings is 5. The Labute approximate surface area is 238 Å². The Balaban J connectivity index is 1.51. The molecule has 5 aromatic rings. The van der Waals surface area contributed by atoms with Gasteiger partial charge in [0.15, 0.2) is 5.60 Å². The molecule has 0 spiro atoms. The third-order valence-electron chi connectivity index (χ3n) is 8.40. The van der Waals surface area contributed by atoms with E-state index in [1.165, 1.54) is 22.3 Å². The predicted molar refractivity (Wildman–Crippen MR) is 163 cm³/mol. The van der Waals surface area contributed by atoms with Crippen LogP contribution >= 0.6 is 0 Å². The molecule has 0 saturated carbocycles. The van der Waals surface area contributed by atoms with E-state index < -0.39 is 5.60 Å². The van der Waals surface area contributed by atoms with Gasteiger partial charge in [0.05, 0.1) is 14.2 Å². The smallest absolute Gasteiger partial charge is 0.178 e. The molecule has 7 rings (SSSR count). The number of fused-ring (bicyclic) bond motifs is 8. The van der Waals surface area contributed by atoms with Gasteiger partial charge in [0, 0.05) is 33.3 Å². The molecule has 1 unspecified atom stereocenters. The second kappa shape index (κ2) is 9.56. The molecule has 5 heteroatoms. The molecule has 0 fully saturated rings. The van der Waals surface area contributed by atoms with Crippen LogP contribution in [0.5, 0.6) is 17.2 Å². The van der Waals surface area contributed by atoms with E-state index in [4.69, 9.17) is 19.9 Å². The number of carbonyl (C=O) groups is 1. The van der Waals surface area contributed by atoms with Crippen LogP contribution in [-0.2, 0) is 18.4 Å². The number of rotatable bonds is 5. The van der Waals surface area contributed by atoms with Crippen LogP contribution in [0.15, 0.2) is 91.0 Å². The van der Waals surface area contributed by atoms with Crippen molar-refractivity contribution in [2.24, 2.45) is 0 Å². The highest BCUT2D eigenvalue weighted by atomic mass is 16.5. The number of aryl methyl sites for hydroxylation is 1. The van der Waals surface area contributed by atoms with Gasteiger partial charge in [-0.3, -0.25) is 4.79 Å². The van der Waals surface area contributed by atoms with E-state index in [9.17, 15) is 4.79 Å². The number of methoxy groups -OCH3 is 2. The molecule has 1 aliphatic heterocycles. The van der Waals surface area contributed by atoms with Crippen molar-refractivity contribution < 1.29 is 19.0 Å². The Morgan fingerprint density at radius 1 is 0.805 bits per heavy atom. The van der Waals surface area contributed by atoms with Crippen LogP contribution in [0, 0.1) is 0 Å². The van der Waals surface area contributed by atoms with Gasteiger partial charge in [-0.15, -0.1) is 0 Å². The van der Waals surface area contributed by atoms with Crippen molar-refractivity contribution in [1.29, 1.82) is 0 Å². The summed E-state index contributed by atoms with van der Waals surface area (Å²) in [5.74, 6) is 2.44. The van der Waals surface area contributed by atoms with Crippen LogP contribution in [0.25, 0.3) is 28.0 Å². The molecule has 5 nitrogen and oxygen atoms in total. The summed E-state index contributed by atoms with van der Waals surface area (Å²) in [6.07, 6.45) is 6.99. The van der Waals surface area contributed by atoms with Crippen molar-refractivity contribution in [2.45, 2.75) is 18.4 Å². The second-order valence-electron chi connectivity index (χ2n) is 10.6. The van der Waals surface area contributed by atoms with Gasteiger partial charge in [0.25, 0.3) is 0 Å². The van der Waals surface area contributed by atoms with E-state index in [1.54, 1.807) is 14.2 Å². The van der Waals surface area contributed by atoms with E-state index in [1.807, 2.05) is 60.7 Å². The normalized spacial score (nSPS) is 16.7. The standard InChI is InChI=1S/C36H29NO4/c1-39-27-12-15-29-23(19-27)5-14-30-32-17-18-36(25-8-10-26(37)11-9-25,24-6-3-22(21-38)4-7-24)41-35(32)33-20-28(40-2)13-16-31(33)34(29)30/h3-4,6-13,15-21H,5,14,37H2,1-2H3. The molecule has 1 heterocycles. The highest BCUT2D eigenvalue weighted by Gasteiger charge is 2.39. The molecule has 0 saturated heterocycles. The zero-order chi connectivity index (χ0) is 28.1. The first kappa shape index (κ1) is 25.0. The summed E-state index contributed by atoms with van der Waals surface area (Å²) in [5, 5.41) is 2.10. The van der Waals surface area contributed by atoms with Crippen LogP contribution in [-0.4, -0.2) is 20.5 Å². The van der Waals surface area contributed by atoms with Crippen LogP contribution in [0.3, 0.4) is 0 Å². The van der Waals surface area contributed by atoms with Gasteiger partial charge in [-0.05, 0) is 89.0 Å². The minimum atomic E-state index is -0.924. The zero-order valence-electron chi connectivity index (χ0n) is 22.9. The van der Waals surface area contributed by atoms with Crippen molar-refractivity contribution in [1.82, 2.24) is 0 Å². The lowest BCUT2D eigenvalue weighted by Crippen LogP contribution is -2.34. The number of nitrogens with two attached hydrogens (primary N) is 1. The maximum Gasteiger partial charge on any atom is 0.178 e. The fraction of sp³-hybridized carbons (Fsp3) is 0.139. The van der Waals surface area contributed by atoms with Gasteiger partial charge in [0.1, 0.15) is 23.5 Å². The van der Waals surface area contributed by atoms with Gasteiger partial charge in [-0.1, -0.05) is 48.5 Å². The van der Waals surface area contributed by atoms with Crippen LogP contribution in [0.2, 0.25) is 0 Å². The van der Waals surface area contributed by atoms with E-state index in [0.29, 0.717) is 11.3 Å². The Morgan fingerprint density at radius 2 is 1.49 bits per heavy atom. The average Bonchev–Trinajstić information content (AvgIpc) is 3.04. The predicted octanol–water partition coefficient (Wildman–Crippen LogP) is 7.37. The molecule has 5 aromatic carbocycles. The number of nitrogen functional groups attached to an aromatic ring is 1. The molecule has 1 atom stereocenters. The molecule has 0 radical (unpaired) electrons. The van der Waals surface area contributed by atoms with Crippen LogP contribution < -0.4 is 19.9 Å². The van der Waals surface area contributed by atoms with Crippen molar-refractivity contribution in [3.63, 3.8) is 0 Å². The molecular formula is C36H29NO4. The maximum atomic E-state index is 11.4. The summed E-state index contributed by atoms with van der Waals surface area (Å²) >= 11 is 0. The molecule has 1 aliphatic carbocycles. The molecule has 0 bridgehead atoms. The van der Waals surface area contributed by atoms with Gasteiger partial charge in [-0.25, -0.2) is 0 Å². The Morgan fingerprint density at radius 3 is 2.20 bits per heavy atom. The lowest BCUT2D eigenvalue weighted by Gasteiger charge is -2.38. The van der Waals surface area contributed by atoms with Crippen molar-refractivity contribution in [3.05, 3.63) is 124 Å². The number of ether oxygens (including phenoxy) is 3. The lowest BCUT2D eigenvalue weighted by molar-refractivity contribution is 0.112. The fourth-order valence-corrected chi connectivity index (χ4v) is 6.31. The topological polar surface area (TPSA) is 70.8 Å². The highest BCUT2D eigenvalue weighted by molar-refractivity contribution is 6.06. The first-order valence-electron chi connectivity index (χ1n) is 13.7. The first-order chi connectivity index (χ1) is 20.0. The van der Waals surface area contributed by atoms with Crippen molar-refractivity contribution >= 4 is 28.8 Å². The maximum absolute atomic E-state index is 11.4. The van der Waals surface area contributed by atoms with Gasteiger partial charge in [-0.2, -0.15) is 0 Å². The number of carbonyl (C=O) groups excluding carboxylic acids is 1. The number of hydrogen-bond donors (Lipinski definition) is 1. The summed E-state index contributed by atoms with van der Waals surface area (Å²) in [7, 11) is 3.39. The average molecular weight is 540 g/mol. The van der Waals surface area contributed by atoms with E-state index in [0.717, 1.165) is 63.8 Å². The Hall–Kier alpha value is -5.03. The lowest BCUT2D eigenvalue weighted by atomic mass is 9.77. The van der Waals surface area contributed by atoms with E-state index in [2.05, 4.69) is 36.4 Å². The van der Waals surface area contributed by atoms with Crippen molar-refractivity contribution in [3.8, 4) is 28.4 Å². The monoisotopic (exact) mass is 539 g/mol. The van der Waals surface area contributed by atoms with Crippen LogP contribution in [0.1, 0.15) is 38.2 Å². The molecule has 0 amide bonds.